The summed E-state index contributed by atoms with van der Waals surface area (Å²) >= 11 is 6.23. The van der Waals surface area contributed by atoms with E-state index in [1.165, 1.54) is 6.21 Å². The highest BCUT2D eigenvalue weighted by molar-refractivity contribution is 7.92. The zero-order valence-electron chi connectivity index (χ0n) is 17.3. The number of hydrazone groups is 1. The third kappa shape index (κ3) is 5.50. The number of aryl methyl sites for hydroxylation is 1. The first-order valence-corrected chi connectivity index (χ1v) is 11.6. The van der Waals surface area contributed by atoms with Gasteiger partial charge in [-0.15, -0.1) is 0 Å². The number of anilines is 1. The second-order valence-corrected chi connectivity index (χ2v) is 9.20. The van der Waals surface area contributed by atoms with Gasteiger partial charge >= 0.3 is 0 Å². The van der Waals surface area contributed by atoms with Crippen molar-refractivity contribution in [1.82, 2.24) is 15.2 Å². The summed E-state index contributed by atoms with van der Waals surface area (Å²) in [7, 11) is -3.66. The third-order valence-corrected chi connectivity index (χ3v) is 5.90. The summed E-state index contributed by atoms with van der Waals surface area (Å²) in [6.45, 7) is 3.27. The number of nitrogens with one attached hydrogen (secondary N) is 1. The van der Waals surface area contributed by atoms with Gasteiger partial charge in [0.15, 0.2) is 5.15 Å². The van der Waals surface area contributed by atoms with Gasteiger partial charge in [-0.2, -0.15) is 10.2 Å². The minimum Gasteiger partial charge on any atom is -0.271 e. The van der Waals surface area contributed by atoms with E-state index in [9.17, 15) is 13.2 Å². The second kappa shape index (κ2) is 9.32. The van der Waals surface area contributed by atoms with E-state index in [4.69, 9.17) is 11.6 Å². The number of amides is 1. The van der Waals surface area contributed by atoms with Crippen LogP contribution >= 0.6 is 11.6 Å². The van der Waals surface area contributed by atoms with Crippen molar-refractivity contribution < 1.29 is 13.2 Å². The van der Waals surface area contributed by atoms with Gasteiger partial charge < -0.3 is 0 Å². The number of carbonyl (C=O) groups is 1. The van der Waals surface area contributed by atoms with Crippen LogP contribution < -0.4 is 9.73 Å². The Kier molecular flexibility index (Phi) is 6.77. The van der Waals surface area contributed by atoms with Crippen LogP contribution in [0.1, 0.15) is 16.8 Å². The van der Waals surface area contributed by atoms with Gasteiger partial charge in [0.2, 0.25) is 10.0 Å². The molecular formula is C21H22ClN5O3S. The first-order valence-electron chi connectivity index (χ1n) is 9.33. The Morgan fingerprint density at radius 2 is 1.90 bits per heavy atom. The number of benzene rings is 2. The Labute approximate surface area is 186 Å². The molecule has 1 amide bonds. The summed E-state index contributed by atoms with van der Waals surface area (Å²) in [6.07, 6.45) is 2.44. The normalized spacial score (nSPS) is 11.6. The molecule has 1 heterocycles. The van der Waals surface area contributed by atoms with Crippen molar-refractivity contribution in [3.05, 3.63) is 76.6 Å². The maximum atomic E-state index is 12.4. The summed E-state index contributed by atoms with van der Waals surface area (Å²) < 4.78 is 27.1. The highest BCUT2D eigenvalue weighted by Crippen LogP contribution is 2.21. The second-order valence-electron chi connectivity index (χ2n) is 6.94. The fourth-order valence-electron chi connectivity index (χ4n) is 2.97. The highest BCUT2D eigenvalue weighted by Gasteiger charge is 2.21. The van der Waals surface area contributed by atoms with E-state index in [1.807, 2.05) is 50.2 Å². The van der Waals surface area contributed by atoms with Crippen molar-refractivity contribution >= 4 is 39.4 Å². The quantitative estimate of drug-likeness (QED) is 0.433. The lowest BCUT2D eigenvalue weighted by atomic mass is 10.2. The van der Waals surface area contributed by atoms with Gasteiger partial charge in [-0.25, -0.2) is 18.5 Å². The van der Waals surface area contributed by atoms with Crippen LogP contribution in [0.25, 0.3) is 5.69 Å². The van der Waals surface area contributed by atoms with Crippen molar-refractivity contribution in [3.63, 3.8) is 0 Å². The maximum absolute atomic E-state index is 12.4. The largest absolute Gasteiger partial charge is 0.271 e. The molecule has 1 N–H and O–H groups in total. The summed E-state index contributed by atoms with van der Waals surface area (Å²) in [5.41, 5.74) is 5.77. The van der Waals surface area contributed by atoms with E-state index in [0.717, 1.165) is 27.5 Å². The van der Waals surface area contributed by atoms with Crippen LogP contribution in [0.4, 0.5) is 5.69 Å². The number of hydrogen-bond donors (Lipinski definition) is 1. The lowest BCUT2D eigenvalue weighted by Crippen LogP contribution is -2.39. The first-order chi connectivity index (χ1) is 14.7. The fraction of sp³-hybridized carbons (Fsp3) is 0.190. The van der Waals surface area contributed by atoms with Gasteiger partial charge in [0, 0.05) is 0 Å². The smallest absolute Gasteiger partial charge is 0.260 e. The van der Waals surface area contributed by atoms with Crippen molar-refractivity contribution in [2.45, 2.75) is 13.8 Å². The van der Waals surface area contributed by atoms with Gasteiger partial charge in [0.1, 0.15) is 6.54 Å². The van der Waals surface area contributed by atoms with Crippen molar-refractivity contribution in [2.75, 3.05) is 17.1 Å². The van der Waals surface area contributed by atoms with Gasteiger partial charge in [-0.1, -0.05) is 41.9 Å². The van der Waals surface area contributed by atoms with Crippen molar-refractivity contribution in [2.24, 2.45) is 5.10 Å². The molecule has 0 bridgehead atoms. The molecule has 162 valence electrons. The highest BCUT2D eigenvalue weighted by atomic mass is 35.5. The minimum atomic E-state index is -3.66. The lowest BCUT2D eigenvalue weighted by molar-refractivity contribution is -0.119. The van der Waals surface area contributed by atoms with Gasteiger partial charge in [-0.05, 0) is 43.7 Å². The molecule has 0 fully saturated rings. The van der Waals surface area contributed by atoms with E-state index >= 15 is 0 Å². The van der Waals surface area contributed by atoms with E-state index < -0.39 is 22.5 Å². The SMILES string of the molecule is Cc1cccc(N(CC(=O)N/N=C\c2c(Cl)nn(-c3ccccc3)c2C)S(C)(=O)=O)c1. The lowest BCUT2D eigenvalue weighted by Gasteiger charge is -2.21. The van der Waals surface area contributed by atoms with Crippen LogP contribution in [-0.4, -0.2) is 43.1 Å². The van der Waals surface area contributed by atoms with E-state index in [2.05, 4.69) is 15.6 Å². The molecule has 0 aliphatic rings. The van der Waals surface area contributed by atoms with Gasteiger partial charge in [0.25, 0.3) is 5.91 Å². The summed E-state index contributed by atoms with van der Waals surface area (Å²) in [4.78, 5) is 12.4. The number of aromatic nitrogens is 2. The van der Waals surface area contributed by atoms with E-state index in [0.29, 0.717) is 11.3 Å². The number of rotatable bonds is 7. The average molecular weight is 460 g/mol. The third-order valence-electron chi connectivity index (χ3n) is 4.48. The van der Waals surface area contributed by atoms with Crippen LogP contribution in [-0.2, 0) is 14.8 Å². The topological polar surface area (TPSA) is 96.7 Å². The Bertz CT molecular complexity index is 1220. The molecule has 31 heavy (non-hydrogen) atoms. The van der Waals surface area contributed by atoms with Crippen molar-refractivity contribution in [3.8, 4) is 5.69 Å². The molecule has 0 atom stereocenters. The molecule has 3 aromatic rings. The molecule has 0 unspecified atom stereocenters. The Balaban J connectivity index is 1.74. The zero-order chi connectivity index (χ0) is 22.6. The molecule has 0 saturated heterocycles. The molecule has 0 aliphatic carbocycles. The molecule has 0 spiro atoms. The van der Waals surface area contributed by atoms with Crippen LogP contribution in [0.15, 0.2) is 59.7 Å². The molecule has 0 radical (unpaired) electrons. The Morgan fingerprint density at radius 3 is 2.55 bits per heavy atom. The summed E-state index contributed by atoms with van der Waals surface area (Å²) in [5, 5.41) is 8.46. The molecule has 2 aromatic carbocycles. The van der Waals surface area contributed by atoms with Crippen LogP contribution in [0.2, 0.25) is 5.15 Å². The summed E-state index contributed by atoms with van der Waals surface area (Å²) in [5.74, 6) is -0.590. The minimum absolute atomic E-state index is 0.233. The summed E-state index contributed by atoms with van der Waals surface area (Å²) in [6, 6.07) is 16.4. The van der Waals surface area contributed by atoms with E-state index in [1.54, 1.807) is 22.9 Å². The fourth-order valence-corrected chi connectivity index (χ4v) is 4.07. The standard InChI is InChI=1S/C21H22ClN5O3S/c1-15-8-7-11-18(12-15)26(31(3,29)30)14-20(28)24-23-13-19-16(2)27(25-21(19)22)17-9-5-4-6-10-17/h4-13H,14H2,1-3H3,(H,24,28)/b23-13-. The average Bonchev–Trinajstić information content (AvgIpc) is 3.00. The number of sulfonamides is 1. The number of nitrogens with zero attached hydrogens (tertiary/aromatic N) is 4. The van der Waals surface area contributed by atoms with Gasteiger partial charge in [0.05, 0.1) is 35.1 Å². The monoisotopic (exact) mass is 459 g/mol. The Hall–Kier alpha value is -3.17. The molecule has 1 aromatic heterocycles. The molecular weight excluding hydrogens is 438 g/mol. The molecule has 3 rings (SSSR count). The first kappa shape index (κ1) is 22.5. The molecule has 8 nitrogen and oxygen atoms in total. The molecule has 10 heteroatoms. The number of hydrogen-bond acceptors (Lipinski definition) is 5. The predicted molar refractivity (Wildman–Crippen MR) is 122 cm³/mol. The number of halogens is 1. The number of carbonyl (C=O) groups excluding carboxylic acids is 1. The Morgan fingerprint density at radius 1 is 1.19 bits per heavy atom. The van der Waals surface area contributed by atoms with Crippen LogP contribution in [0.3, 0.4) is 0 Å². The van der Waals surface area contributed by atoms with Crippen LogP contribution in [0.5, 0.6) is 0 Å². The van der Waals surface area contributed by atoms with Crippen molar-refractivity contribution in [1.29, 1.82) is 0 Å². The van der Waals surface area contributed by atoms with Crippen LogP contribution in [0, 0.1) is 13.8 Å². The molecule has 0 saturated carbocycles. The van der Waals surface area contributed by atoms with Gasteiger partial charge in [-0.3, -0.25) is 9.10 Å². The maximum Gasteiger partial charge on any atom is 0.260 e. The zero-order valence-corrected chi connectivity index (χ0v) is 18.9. The molecule has 0 aliphatic heterocycles. The van der Waals surface area contributed by atoms with E-state index in [-0.39, 0.29) is 5.15 Å². The number of para-hydroxylation sites is 1. The predicted octanol–water partition coefficient (Wildman–Crippen LogP) is 3.06.